The lowest BCUT2D eigenvalue weighted by Gasteiger charge is -2.26. The number of aliphatic hydroxyl groups is 1. The van der Waals surface area contributed by atoms with Gasteiger partial charge in [-0.25, -0.2) is 0 Å². The zero-order chi connectivity index (χ0) is 13.7. The predicted octanol–water partition coefficient (Wildman–Crippen LogP) is 2.34. The first kappa shape index (κ1) is 14.0. The molecule has 0 amide bonds. The van der Waals surface area contributed by atoms with Gasteiger partial charge in [0.05, 0.1) is 25.2 Å². The number of carbonyl (C=O) groups is 1. The van der Waals surface area contributed by atoms with Crippen molar-refractivity contribution in [2.45, 2.75) is 45.0 Å². The van der Waals surface area contributed by atoms with Crippen LogP contribution in [0, 0.1) is 5.92 Å². The Kier molecular flexibility index (Phi) is 4.93. The van der Waals surface area contributed by atoms with Crippen molar-refractivity contribution in [1.82, 2.24) is 0 Å². The Morgan fingerprint density at radius 1 is 1.11 bits per heavy atom. The summed E-state index contributed by atoms with van der Waals surface area (Å²) in [5.74, 6) is -0.873. The highest BCUT2D eigenvalue weighted by molar-refractivity contribution is 5.70. The first-order valence-electron chi connectivity index (χ1n) is 6.72. The van der Waals surface area contributed by atoms with Crippen molar-refractivity contribution in [2.75, 3.05) is 0 Å². The molecule has 1 aromatic carbocycles. The van der Waals surface area contributed by atoms with E-state index in [1.807, 2.05) is 24.3 Å². The maximum Gasteiger partial charge on any atom is 0.306 e. The zero-order valence-electron chi connectivity index (χ0n) is 10.9. The number of carboxylic acid groups (broad SMARTS) is 1. The Morgan fingerprint density at radius 2 is 1.68 bits per heavy atom. The van der Waals surface area contributed by atoms with Gasteiger partial charge in [-0.15, -0.1) is 0 Å². The second-order valence-corrected chi connectivity index (χ2v) is 5.10. The van der Waals surface area contributed by atoms with Crippen LogP contribution in [-0.4, -0.2) is 22.3 Å². The molecule has 0 aromatic heterocycles. The molecule has 0 spiro atoms. The van der Waals surface area contributed by atoms with Crippen LogP contribution in [0.25, 0.3) is 0 Å². The molecule has 0 bridgehead atoms. The molecule has 1 aliphatic rings. The second kappa shape index (κ2) is 6.68. The minimum Gasteiger partial charge on any atom is -0.481 e. The molecule has 1 aliphatic carbocycles. The second-order valence-electron chi connectivity index (χ2n) is 5.10. The molecule has 0 saturated heterocycles. The van der Waals surface area contributed by atoms with E-state index < -0.39 is 5.97 Å². The van der Waals surface area contributed by atoms with Gasteiger partial charge in [0.1, 0.15) is 0 Å². The molecular weight excluding hydrogens is 244 g/mol. The molecule has 1 fully saturated rings. The van der Waals surface area contributed by atoms with Crippen molar-refractivity contribution in [1.29, 1.82) is 0 Å². The van der Waals surface area contributed by atoms with Gasteiger partial charge >= 0.3 is 5.97 Å². The van der Waals surface area contributed by atoms with E-state index in [0.29, 0.717) is 19.4 Å². The summed E-state index contributed by atoms with van der Waals surface area (Å²) >= 11 is 0. The summed E-state index contributed by atoms with van der Waals surface area (Å²) in [4.78, 5) is 10.8. The van der Waals surface area contributed by atoms with E-state index in [0.717, 1.165) is 24.0 Å². The van der Waals surface area contributed by atoms with E-state index in [9.17, 15) is 4.79 Å². The molecule has 0 radical (unpaired) electrons. The smallest absolute Gasteiger partial charge is 0.306 e. The van der Waals surface area contributed by atoms with Gasteiger partial charge in [-0.1, -0.05) is 24.3 Å². The first-order chi connectivity index (χ1) is 9.19. The number of aliphatic carboxylic acids is 1. The Bertz CT molecular complexity index is 405. The van der Waals surface area contributed by atoms with Gasteiger partial charge in [0.2, 0.25) is 0 Å². The van der Waals surface area contributed by atoms with Crippen LogP contribution in [0.5, 0.6) is 0 Å². The fourth-order valence-corrected chi connectivity index (χ4v) is 2.43. The van der Waals surface area contributed by atoms with Crippen LogP contribution in [0.1, 0.15) is 36.8 Å². The van der Waals surface area contributed by atoms with Crippen molar-refractivity contribution in [3.8, 4) is 0 Å². The molecule has 2 rings (SSSR count). The number of hydrogen-bond acceptors (Lipinski definition) is 3. The maximum atomic E-state index is 10.8. The standard InChI is InChI=1S/C15H20O4/c16-9-11-1-3-12(4-2-11)10-19-14-7-5-13(6-8-14)15(17)18/h1-4,13-14,16H,5-10H2,(H,17,18). The van der Waals surface area contributed by atoms with Gasteiger partial charge in [-0.3, -0.25) is 4.79 Å². The molecule has 2 N–H and O–H groups in total. The summed E-state index contributed by atoms with van der Waals surface area (Å²) < 4.78 is 5.82. The number of benzene rings is 1. The van der Waals surface area contributed by atoms with Gasteiger partial charge in [-0.2, -0.15) is 0 Å². The molecule has 0 unspecified atom stereocenters. The summed E-state index contributed by atoms with van der Waals surface area (Å²) in [7, 11) is 0. The van der Waals surface area contributed by atoms with Crippen molar-refractivity contribution in [3.05, 3.63) is 35.4 Å². The SMILES string of the molecule is O=C(O)C1CCC(OCc2ccc(CO)cc2)CC1. The molecule has 4 nitrogen and oxygen atoms in total. The molecule has 1 saturated carbocycles. The van der Waals surface area contributed by atoms with Crippen LogP contribution < -0.4 is 0 Å². The minimum absolute atomic E-state index is 0.0559. The lowest BCUT2D eigenvalue weighted by Crippen LogP contribution is -2.25. The Morgan fingerprint density at radius 3 is 2.21 bits per heavy atom. The lowest BCUT2D eigenvalue weighted by molar-refractivity contribution is -0.143. The summed E-state index contributed by atoms with van der Waals surface area (Å²) in [6, 6.07) is 7.68. The normalized spacial score (nSPS) is 23.2. The first-order valence-corrected chi connectivity index (χ1v) is 6.72. The predicted molar refractivity (Wildman–Crippen MR) is 70.5 cm³/mol. The van der Waals surface area contributed by atoms with Crippen molar-refractivity contribution in [3.63, 3.8) is 0 Å². The van der Waals surface area contributed by atoms with Gasteiger partial charge in [-0.05, 0) is 36.8 Å². The number of aliphatic hydroxyl groups excluding tert-OH is 1. The van der Waals surface area contributed by atoms with Gasteiger partial charge in [0, 0.05) is 0 Å². The largest absolute Gasteiger partial charge is 0.481 e. The van der Waals surface area contributed by atoms with Crippen LogP contribution in [0.2, 0.25) is 0 Å². The van der Waals surface area contributed by atoms with Gasteiger partial charge in [0.25, 0.3) is 0 Å². The van der Waals surface area contributed by atoms with E-state index in [1.165, 1.54) is 0 Å². The fraction of sp³-hybridized carbons (Fsp3) is 0.533. The Labute approximate surface area is 113 Å². The summed E-state index contributed by atoms with van der Waals surface area (Å²) in [5, 5.41) is 17.9. The van der Waals surface area contributed by atoms with Crippen LogP contribution in [0.3, 0.4) is 0 Å². The molecule has 104 valence electrons. The van der Waals surface area contributed by atoms with Crippen LogP contribution >= 0.6 is 0 Å². The molecule has 19 heavy (non-hydrogen) atoms. The molecule has 0 heterocycles. The average molecular weight is 264 g/mol. The number of hydrogen-bond donors (Lipinski definition) is 2. The summed E-state index contributed by atoms with van der Waals surface area (Å²) in [5.41, 5.74) is 1.98. The van der Waals surface area contributed by atoms with Crippen molar-refractivity contribution in [2.24, 2.45) is 5.92 Å². The molecule has 4 heteroatoms. The highest BCUT2D eigenvalue weighted by Crippen LogP contribution is 2.27. The monoisotopic (exact) mass is 264 g/mol. The zero-order valence-corrected chi connectivity index (χ0v) is 10.9. The van der Waals surface area contributed by atoms with Crippen LogP contribution in [-0.2, 0) is 22.7 Å². The molecule has 0 aliphatic heterocycles. The number of rotatable bonds is 5. The molecule has 0 atom stereocenters. The molecular formula is C15H20O4. The van der Waals surface area contributed by atoms with E-state index in [1.54, 1.807) is 0 Å². The van der Waals surface area contributed by atoms with E-state index in [2.05, 4.69) is 0 Å². The third-order valence-corrected chi connectivity index (χ3v) is 3.71. The summed E-state index contributed by atoms with van der Waals surface area (Å²) in [6.07, 6.45) is 3.25. The third kappa shape index (κ3) is 4.04. The minimum atomic E-state index is -0.682. The topological polar surface area (TPSA) is 66.8 Å². The van der Waals surface area contributed by atoms with E-state index in [4.69, 9.17) is 14.9 Å². The van der Waals surface area contributed by atoms with Gasteiger partial charge < -0.3 is 14.9 Å². The molecule has 1 aromatic rings. The highest BCUT2D eigenvalue weighted by Gasteiger charge is 2.26. The fourth-order valence-electron chi connectivity index (χ4n) is 2.43. The number of carboxylic acids is 1. The maximum absolute atomic E-state index is 10.8. The Hall–Kier alpha value is -1.39. The van der Waals surface area contributed by atoms with Crippen LogP contribution in [0.4, 0.5) is 0 Å². The quantitative estimate of drug-likeness (QED) is 0.856. The van der Waals surface area contributed by atoms with Crippen molar-refractivity contribution < 1.29 is 19.7 Å². The number of ether oxygens (including phenoxy) is 1. The Balaban J connectivity index is 1.75. The van der Waals surface area contributed by atoms with Crippen molar-refractivity contribution >= 4 is 5.97 Å². The van der Waals surface area contributed by atoms with Gasteiger partial charge in [0.15, 0.2) is 0 Å². The van der Waals surface area contributed by atoms with E-state index in [-0.39, 0.29) is 18.6 Å². The lowest BCUT2D eigenvalue weighted by atomic mass is 9.87. The average Bonchev–Trinajstić information content (AvgIpc) is 2.46. The van der Waals surface area contributed by atoms with Crippen LogP contribution in [0.15, 0.2) is 24.3 Å². The summed E-state index contributed by atoms with van der Waals surface area (Å²) in [6.45, 7) is 0.606. The van der Waals surface area contributed by atoms with E-state index >= 15 is 0 Å². The third-order valence-electron chi connectivity index (χ3n) is 3.71. The highest BCUT2D eigenvalue weighted by atomic mass is 16.5.